The molecule has 0 aliphatic carbocycles. The predicted molar refractivity (Wildman–Crippen MR) is 116 cm³/mol. The molecule has 0 radical (unpaired) electrons. The summed E-state index contributed by atoms with van der Waals surface area (Å²) in [5.74, 6) is 0.806. The number of methoxy groups -OCH3 is 1. The van der Waals surface area contributed by atoms with E-state index in [0.29, 0.717) is 13.1 Å². The number of rotatable bonds is 6. The van der Waals surface area contributed by atoms with Gasteiger partial charge in [0.05, 0.1) is 12.0 Å². The minimum Gasteiger partial charge on any atom is -0.497 e. The summed E-state index contributed by atoms with van der Waals surface area (Å²) in [4.78, 5) is 28.6. The third-order valence-corrected chi connectivity index (χ3v) is 6.13. The first-order valence-corrected chi connectivity index (χ1v) is 10.8. The molecule has 1 aliphatic heterocycles. The number of nitrogens with zero attached hydrogens (tertiary/aromatic N) is 1. The van der Waals surface area contributed by atoms with Gasteiger partial charge in [0, 0.05) is 30.1 Å². The number of ether oxygens (including phenoxy) is 1. The fraction of sp³-hybridized carbons (Fsp3) is 0.455. The molecule has 0 spiro atoms. The van der Waals surface area contributed by atoms with Gasteiger partial charge in [-0.15, -0.1) is 11.3 Å². The number of piperidine rings is 1. The Balaban J connectivity index is 1.42. The Morgan fingerprint density at radius 1 is 1.24 bits per heavy atom. The maximum Gasteiger partial charge on any atom is 0.317 e. The summed E-state index contributed by atoms with van der Waals surface area (Å²) in [5, 5.41) is 6.17. The summed E-state index contributed by atoms with van der Waals surface area (Å²) in [6, 6.07) is 11.8. The topological polar surface area (TPSA) is 70.7 Å². The van der Waals surface area contributed by atoms with Gasteiger partial charge in [0.25, 0.3) is 5.91 Å². The van der Waals surface area contributed by atoms with Crippen LogP contribution in [0.2, 0.25) is 0 Å². The number of carbonyl (C=O) groups excluding carboxylic acids is 2. The first-order chi connectivity index (χ1) is 13.9. The second-order valence-electron chi connectivity index (χ2n) is 7.55. The van der Waals surface area contributed by atoms with Crippen molar-refractivity contribution in [2.24, 2.45) is 0 Å². The monoisotopic (exact) mass is 415 g/mol. The first-order valence-electron chi connectivity index (χ1n) is 10.00. The van der Waals surface area contributed by atoms with Crippen LogP contribution in [0, 0.1) is 6.92 Å². The second-order valence-corrected chi connectivity index (χ2v) is 8.84. The van der Waals surface area contributed by atoms with Gasteiger partial charge in [-0.2, -0.15) is 0 Å². The number of hydrogen-bond acceptors (Lipinski definition) is 4. The van der Waals surface area contributed by atoms with Crippen LogP contribution in [0.1, 0.15) is 39.9 Å². The Labute approximate surface area is 176 Å². The van der Waals surface area contributed by atoms with Crippen LogP contribution in [0.4, 0.5) is 4.79 Å². The van der Waals surface area contributed by atoms with Crippen molar-refractivity contribution in [1.82, 2.24) is 15.5 Å². The molecule has 1 aliphatic rings. The van der Waals surface area contributed by atoms with Crippen molar-refractivity contribution in [2.45, 2.75) is 45.2 Å². The maximum absolute atomic E-state index is 12.6. The summed E-state index contributed by atoms with van der Waals surface area (Å²) in [6.45, 7) is 5.29. The van der Waals surface area contributed by atoms with Crippen molar-refractivity contribution in [3.05, 3.63) is 51.7 Å². The zero-order valence-corrected chi connectivity index (χ0v) is 18.1. The quantitative estimate of drug-likeness (QED) is 0.757. The van der Waals surface area contributed by atoms with Gasteiger partial charge in [0.2, 0.25) is 0 Å². The van der Waals surface area contributed by atoms with E-state index in [2.05, 4.69) is 10.6 Å². The standard InChI is InChI=1S/C22H29N3O3S/c1-15(13-17-5-4-6-19(14-17)28-3)23-22(27)25-11-9-18(10-12-25)24-21(26)20-8-7-16(2)29-20/h4-8,14-15,18H,9-13H2,1-3H3,(H,23,27)(H,24,26). The summed E-state index contributed by atoms with van der Waals surface area (Å²) < 4.78 is 5.25. The van der Waals surface area contributed by atoms with Crippen molar-refractivity contribution >= 4 is 23.3 Å². The number of likely N-dealkylation sites (tertiary alicyclic amines) is 1. The fourth-order valence-corrected chi connectivity index (χ4v) is 4.32. The Kier molecular flexibility index (Phi) is 7.14. The number of amides is 3. The van der Waals surface area contributed by atoms with Crippen LogP contribution in [0.3, 0.4) is 0 Å². The zero-order chi connectivity index (χ0) is 20.8. The number of aryl methyl sites for hydroxylation is 1. The highest BCUT2D eigenvalue weighted by Gasteiger charge is 2.25. The molecule has 7 heteroatoms. The van der Waals surface area contributed by atoms with Crippen LogP contribution in [0.5, 0.6) is 5.75 Å². The second kappa shape index (κ2) is 9.78. The average molecular weight is 416 g/mol. The molecule has 156 valence electrons. The largest absolute Gasteiger partial charge is 0.497 e. The summed E-state index contributed by atoms with van der Waals surface area (Å²) in [6.07, 6.45) is 2.29. The van der Waals surface area contributed by atoms with Gasteiger partial charge in [0.15, 0.2) is 0 Å². The third kappa shape index (κ3) is 5.97. The SMILES string of the molecule is COc1cccc(CC(C)NC(=O)N2CCC(NC(=O)c3ccc(C)s3)CC2)c1. The van der Waals surface area contributed by atoms with Crippen LogP contribution in [0.25, 0.3) is 0 Å². The lowest BCUT2D eigenvalue weighted by Crippen LogP contribution is -2.51. The lowest BCUT2D eigenvalue weighted by Gasteiger charge is -2.33. The lowest BCUT2D eigenvalue weighted by molar-refractivity contribution is 0.0922. The van der Waals surface area contributed by atoms with E-state index in [1.165, 1.54) is 11.3 Å². The van der Waals surface area contributed by atoms with Gasteiger partial charge >= 0.3 is 6.03 Å². The smallest absolute Gasteiger partial charge is 0.317 e. The molecule has 3 rings (SSSR count). The molecule has 1 aromatic carbocycles. The Morgan fingerprint density at radius 3 is 2.66 bits per heavy atom. The predicted octanol–water partition coefficient (Wildman–Crippen LogP) is 3.60. The summed E-state index contributed by atoms with van der Waals surface area (Å²) in [5.41, 5.74) is 1.13. The molecular formula is C22H29N3O3S. The summed E-state index contributed by atoms with van der Waals surface area (Å²) >= 11 is 1.51. The molecule has 1 saturated heterocycles. The third-order valence-electron chi connectivity index (χ3n) is 5.13. The van der Waals surface area contributed by atoms with E-state index in [1.807, 2.05) is 55.1 Å². The van der Waals surface area contributed by atoms with E-state index in [-0.39, 0.29) is 24.0 Å². The van der Waals surface area contributed by atoms with E-state index in [0.717, 1.165) is 40.3 Å². The highest BCUT2D eigenvalue weighted by Crippen LogP contribution is 2.17. The van der Waals surface area contributed by atoms with Gasteiger partial charge in [0.1, 0.15) is 5.75 Å². The maximum atomic E-state index is 12.6. The molecule has 0 bridgehead atoms. The van der Waals surface area contributed by atoms with Crippen molar-refractivity contribution in [2.75, 3.05) is 20.2 Å². The number of benzene rings is 1. The molecule has 0 saturated carbocycles. The van der Waals surface area contributed by atoms with Crippen LogP contribution < -0.4 is 15.4 Å². The van der Waals surface area contributed by atoms with E-state index >= 15 is 0 Å². The zero-order valence-electron chi connectivity index (χ0n) is 17.2. The van der Waals surface area contributed by atoms with Crippen LogP contribution in [-0.4, -0.2) is 49.1 Å². The molecule has 1 aromatic heterocycles. The van der Waals surface area contributed by atoms with Gasteiger partial charge in [-0.25, -0.2) is 4.79 Å². The number of thiophene rings is 1. The highest BCUT2D eigenvalue weighted by molar-refractivity contribution is 7.13. The number of urea groups is 1. The number of carbonyl (C=O) groups is 2. The Bertz CT molecular complexity index is 843. The van der Waals surface area contributed by atoms with Crippen molar-refractivity contribution < 1.29 is 14.3 Å². The van der Waals surface area contributed by atoms with Crippen LogP contribution in [-0.2, 0) is 6.42 Å². The molecule has 1 fully saturated rings. The highest BCUT2D eigenvalue weighted by atomic mass is 32.1. The van der Waals surface area contributed by atoms with Crippen molar-refractivity contribution in [3.8, 4) is 5.75 Å². The molecule has 2 aromatic rings. The first kappa shape index (κ1) is 21.2. The molecule has 3 amide bonds. The van der Waals surface area contributed by atoms with Gasteiger partial charge in [-0.1, -0.05) is 12.1 Å². The molecule has 2 N–H and O–H groups in total. The van der Waals surface area contributed by atoms with Gasteiger partial charge < -0.3 is 20.3 Å². The van der Waals surface area contributed by atoms with Gasteiger partial charge in [-0.05, 0) is 62.9 Å². The van der Waals surface area contributed by atoms with E-state index in [4.69, 9.17) is 4.74 Å². The molecule has 29 heavy (non-hydrogen) atoms. The van der Waals surface area contributed by atoms with E-state index < -0.39 is 0 Å². The molecule has 2 heterocycles. The molecule has 1 atom stereocenters. The lowest BCUT2D eigenvalue weighted by atomic mass is 10.0. The molecular weight excluding hydrogens is 386 g/mol. The molecule has 6 nitrogen and oxygen atoms in total. The van der Waals surface area contributed by atoms with Gasteiger partial charge in [-0.3, -0.25) is 4.79 Å². The summed E-state index contributed by atoms with van der Waals surface area (Å²) in [7, 11) is 1.65. The minimum absolute atomic E-state index is 0.0158. The van der Waals surface area contributed by atoms with Crippen molar-refractivity contribution in [1.29, 1.82) is 0 Å². The Morgan fingerprint density at radius 2 is 2.00 bits per heavy atom. The van der Waals surface area contributed by atoms with Crippen LogP contribution >= 0.6 is 11.3 Å². The normalized spacial score (nSPS) is 15.6. The average Bonchev–Trinajstić information content (AvgIpc) is 3.15. The van der Waals surface area contributed by atoms with E-state index in [1.54, 1.807) is 7.11 Å². The number of hydrogen-bond donors (Lipinski definition) is 2. The van der Waals surface area contributed by atoms with Crippen LogP contribution in [0.15, 0.2) is 36.4 Å². The van der Waals surface area contributed by atoms with Crippen molar-refractivity contribution in [3.63, 3.8) is 0 Å². The van der Waals surface area contributed by atoms with E-state index in [9.17, 15) is 9.59 Å². The minimum atomic E-state index is -0.0425. The fourth-order valence-electron chi connectivity index (χ4n) is 3.55. The Hall–Kier alpha value is -2.54. The number of nitrogens with one attached hydrogen (secondary N) is 2. The molecule has 1 unspecified atom stereocenters.